The van der Waals surface area contributed by atoms with E-state index >= 15 is 0 Å². The maximum Gasteiger partial charge on any atom is 0.253 e. The first-order chi connectivity index (χ1) is 13.2. The zero-order valence-corrected chi connectivity index (χ0v) is 15.3. The van der Waals surface area contributed by atoms with Gasteiger partial charge < -0.3 is 14.7 Å². The molecule has 0 saturated carbocycles. The summed E-state index contributed by atoms with van der Waals surface area (Å²) in [7, 11) is 1.60. The number of nitrogens with zero attached hydrogens (tertiary/aromatic N) is 2. The Labute approximate surface area is 158 Å². The molecule has 1 saturated heterocycles. The predicted molar refractivity (Wildman–Crippen MR) is 105 cm³/mol. The summed E-state index contributed by atoms with van der Waals surface area (Å²) in [5, 5.41) is 10.9. The average molecular weight is 362 g/mol. The Morgan fingerprint density at radius 1 is 1.19 bits per heavy atom. The van der Waals surface area contributed by atoms with Crippen molar-refractivity contribution in [3.05, 3.63) is 60.2 Å². The fourth-order valence-corrected chi connectivity index (χ4v) is 3.60. The minimum Gasteiger partial charge on any atom is -0.481 e. The van der Waals surface area contributed by atoms with Crippen molar-refractivity contribution in [3.63, 3.8) is 0 Å². The van der Waals surface area contributed by atoms with Crippen LogP contribution in [0.4, 0.5) is 0 Å². The molecule has 1 N–H and O–H groups in total. The largest absolute Gasteiger partial charge is 0.481 e. The van der Waals surface area contributed by atoms with Gasteiger partial charge in [-0.25, -0.2) is 4.98 Å². The van der Waals surface area contributed by atoms with Crippen molar-refractivity contribution in [2.45, 2.75) is 18.9 Å². The lowest BCUT2D eigenvalue weighted by molar-refractivity contribution is 0.0474. The fraction of sp³-hybridized carbons (Fsp3) is 0.273. The minimum atomic E-state index is -0.435. The number of para-hydroxylation sites is 1. The smallest absolute Gasteiger partial charge is 0.253 e. The summed E-state index contributed by atoms with van der Waals surface area (Å²) < 4.78 is 5.50. The van der Waals surface area contributed by atoms with E-state index in [-0.39, 0.29) is 5.91 Å². The van der Waals surface area contributed by atoms with E-state index in [4.69, 9.17) is 4.74 Å². The molecule has 138 valence electrons. The number of pyridine rings is 1. The van der Waals surface area contributed by atoms with E-state index in [1.807, 2.05) is 54.6 Å². The number of likely N-dealkylation sites (tertiary alicyclic amines) is 1. The number of ether oxygens (including phenoxy) is 1. The average Bonchev–Trinajstić information content (AvgIpc) is 2.72. The number of methoxy groups -OCH3 is 1. The standard InChI is InChI=1S/C22H22N2O3/c1-27-21-19(13-16-6-2-3-10-20(16)23-21)15-7-4-8-17(12-15)22(26)24-11-5-9-18(25)14-24/h2-4,6-8,10,12-13,18,25H,5,9,11,14H2,1H3. The summed E-state index contributed by atoms with van der Waals surface area (Å²) in [6.45, 7) is 1.07. The summed E-state index contributed by atoms with van der Waals surface area (Å²) >= 11 is 0. The third-order valence-electron chi connectivity index (χ3n) is 4.99. The molecule has 0 radical (unpaired) electrons. The molecular weight excluding hydrogens is 340 g/mol. The first-order valence-corrected chi connectivity index (χ1v) is 9.17. The van der Waals surface area contributed by atoms with Gasteiger partial charge in [0.25, 0.3) is 5.91 Å². The molecule has 1 amide bonds. The van der Waals surface area contributed by atoms with Gasteiger partial charge in [-0.2, -0.15) is 0 Å². The number of fused-ring (bicyclic) bond motifs is 1. The zero-order chi connectivity index (χ0) is 18.8. The van der Waals surface area contributed by atoms with Crippen LogP contribution in [0, 0.1) is 0 Å². The summed E-state index contributed by atoms with van der Waals surface area (Å²) in [5.74, 6) is 0.481. The van der Waals surface area contributed by atoms with Crippen molar-refractivity contribution in [2.75, 3.05) is 20.2 Å². The van der Waals surface area contributed by atoms with Gasteiger partial charge in [0.2, 0.25) is 5.88 Å². The second-order valence-corrected chi connectivity index (χ2v) is 6.87. The lowest BCUT2D eigenvalue weighted by atomic mass is 10.0. The summed E-state index contributed by atoms with van der Waals surface area (Å²) in [4.78, 5) is 19.2. The summed E-state index contributed by atoms with van der Waals surface area (Å²) in [6.07, 6.45) is 1.15. The number of hydrogen-bond donors (Lipinski definition) is 1. The van der Waals surface area contributed by atoms with E-state index in [1.165, 1.54) is 0 Å². The molecule has 4 rings (SSSR count). The van der Waals surface area contributed by atoms with Gasteiger partial charge >= 0.3 is 0 Å². The van der Waals surface area contributed by atoms with Gasteiger partial charge in [0.15, 0.2) is 0 Å². The van der Waals surface area contributed by atoms with Crippen molar-refractivity contribution >= 4 is 16.8 Å². The number of aliphatic hydroxyl groups is 1. The lowest BCUT2D eigenvalue weighted by Gasteiger charge is -2.30. The van der Waals surface area contributed by atoms with Crippen LogP contribution in [0.5, 0.6) is 5.88 Å². The monoisotopic (exact) mass is 362 g/mol. The second kappa shape index (κ2) is 7.37. The predicted octanol–water partition coefficient (Wildman–Crippen LogP) is 3.51. The summed E-state index contributed by atoms with van der Waals surface area (Å²) in [6, 6.07) is 17.4. The number of carbonyl (C=O) groups is 1. The number of benzene rings is 2. The lowest BCUT2D eigenvalue weighted by Crippen LogP contribution is -2.42. The number of rotatable bonds is 3. The maximum absolute atomic E-state index is 12.9. The number of β-amino-alcohol motifs (C(OH)–C–C–N with tert-alkyl or cyclic N) is 1. The van der Waals surface area contributed by atoms with E-state index in [0.717, 1.165) is 34.9 Å². The molecule has 1 fully saturated rings. The molecule has 3 aromatic rings. The number of amides is 1. The van der Waals surface area contributed by atoms with Crippen LogP contribution in [0.25, 0.3) is 22.0 Å². The quantitative estimate of drug-likeness (QED) is 0.774. The first kappa shape index (κ1) is 17.5. The Balaban J connectivity index is 1.72. The van der Waals surface area contributed by atoms with Gasteiger partial charge in [0.1, 0.15) is 0 Å². The van der Waals surface area contributed by atoms with Gasteiger partial charge in [-0.15, -0.1) is 0 Å². The van der Waals surface area contributed by atoms with Gasteiger partial charge in [-0.3, -0.25) is 4.79 Å². The van der Waals surface area contributed by atoms with E-state index in [0.29, 0.717) is 24.5 Å². The Morgan fingerprint density at radius 2 is 2.04 bits per heavy atom. The molecule has 0 aliphatic carbocycles. The Hall–Kier alpha value is -2.92. The minimum absolute atomic E-state index is 0.0525. The van der Waals surface area contributed by atoms with Gasteiger partial charge in [-0.1, -0.05) is 30.3 Å². The Bertz CT molecular complexity index is 986. The van der Waals surface area contributed by atoms with Crippen LogP contribution >= 0.6 is 0 Å². The first-order valence-electron chi connectivity index (χ1n) is 9.17. The zero-order valence-electron chi connectivity index (χ0n) is 15.3. The number of aromatic nitrogens is 1. The molecule has 2 heterocycles. The normalized spacial score (nSPS) is 17.1. The van der Waals surface area contributed by atoms with Crippen LogP contribution in [0.3, 0.4) is 0 Å². The third-order valence-corrected chi connectivity index (χ3v) is 4.99. The van der Waals surface area contributed by atoms with Crippen LogP contribution in [0.1, 0.15) is 23.2 Å². The van der Waals surface area contributed by atoms with Crippen LogP contribution < -0.4 is 4.74 Å². The van der Waals surface area contributed by atoms with Gasteiger partial charge in [0, 0.05) is 29.6 Å². The summed E-state index contributed by atoms with van der Waals surface area (Å²) in [5.41, 5.74) is 3.21. The number of hydrogen-bond acceptors (Lipinski definition) is 4. The van der Waals surface area contributed by atoms with E-state index in [1.54, 1.807) is 12.0 Å². The van der Waals surface area contributed by atoms with Crippen LogP contribution in [0.2, 0.25) is 0 Å². The molecular formula is C22H22N2O3. The number of aliphatic hydroxyl groups excluding tert-OH is 1. The van der Waals surface area contributed by atoms with Crippen molar-refractivity contribution in [3.8, 4) is 17.0 Å². The maximum atomic E-state index is 12.9. The molecule has 27 heavy (non-hydrogen) atoms. The fourth-order valence-electron chi connectivity index (χ4n) is 3.60. The Kier molecular flexibility index (Phi) is 4.77. The highest BCUT2D eigenvalue weighted by Crippen LogP contribution is 2.32. The molecule has 1 aromatic heterocycles. The Morgan fingerprint density at radius 3 is 2.85 bits per heavy atom. The molecule has 1 atom stereocenters. The SMILES string of the molecule is COc1nc2ccccc2cc1-c1cccc(C(=O)N2CCCC(O)C2)c1. The van der Waals surface area contributed by atoms with E-state index in [2.05, 4.69) is 4.98 Å². The van der Waals surface area contributed by atoms with Crippen molar-refractivity contribution in [1.29, 1.82) is 0 Å². The van der Waals surface area contributed by atoms with Crippen molar-refractivity contribution in [2.24, 2.45) is 0 Å². The molecule has 1 unspecified atom stereocenters. The molecule has 5 heteroatoms. The van der Waals surface area contributed by atoms with Crippen molar-refractivity contribution in [1.82, 2.24) is 9.88 Å². The van der Waals surface area contributed by atoms with Crippen molar-refractivity contribution < 1.29 is 14.6 Å². The van der Waals surface area contributed by atoms with Crippen LogP contribution in [-0.4, -0.2) is 47.2 Å². The molecule has 0 bridgehead atoms. The topological polar surface area (TPSA) is 62.7 Å². The highest BCUT2D eigenvalue weighted by atomic mass is 16.5. The third kappa shape index (κ3) is 3.51. The van der Waals surface area contributed by atoms with Crippen LogP contribution in [0.15, 0.2) is 54.6 Å². The molecule has 2 aromatic carbocycles. The van der Waals surface area contributed by atoms with Gasteiger partial charge in [-0.05, 0) is 42.7 Å². The molecule has 1 aliphatic heterocycles. The number of piperidine rings is 1. The highest BCUT2D eigenvalue weighted by Gasteiger charge is 2.23. The van der Waals surface area contributed by atoms with Crippen LogP contribution in [-0.2, 0) is 0 Å². The van der Waals surface area contributed by atoms with Gasteiger partial charge in [0.05, 0.1) is 18.7 Å². The van der Waals surface area contributed by atoms with E-state index in [9.17, 15) is 9.90 Å². The number of carbonyl (C=O) groups excluding carboxylic acids is 1. The molecule has 1 aliphatic rings. The van der Waals surface area contributed by atoms with E-state index < -0.39 is 6.10 Å². The molecule has 5 nitrogen and oxygen atoms in total. The second-order valence-electron chi connectivity index (χ2n) is 6.87. The molecule has 0 spiro atoms. The highest BCUT2D eigenvalue weighted by molar-refractivity contribution is 5.96.